The smallest absolute Gasteiger partial charge is 0.114 e. The summed E-state index contributed by atoms with van der Waals surface area (Å²) in [6.45, 7) is 2.21. The molecule has 1 aliphatic heterocycles. The molecule has 2 unspecified atom stereocenters. The van der Waals surface area contributed by atoms with E-state index in [0.717, 1.165) is 6.42 Å². The van der Waals surface area contributed by atoms with Crippen LogP contribution in [0.2, 0.25) is 0 Å². The number of epoxide rings is 1. The molecule has 2 aliphatic rings. The van der Waals surface area contributed by atoms with E-state index in [-0.39, 0.29) is 12.2 Å². The molecule has 1 heterocycles. The van der Waals surface area contributed by atoms with Crippen molar-refractivity contribution in [1.29, 1.82) is 0 Å². The number of ether oxygens (including phenoxy) is 1. The maximum Gasteiger partial charge on any atom is 0.114 e. The molecule has 4 aromatic rings. The van der Waals surface area contributed by atoms with Gasteiger partial charge in [0, 0.05) is 0 Å². The Hall–Kier alpha value is -3.16. The van der Waals surface area contributed by atoms with Crippen LogP contribution in [0.1, 0.15) is 35.8 Å². The van der Waals surface area contributed by atoms with Gasteiger partial charge in [-0.1, -0.05) is 91.9 Å². The van der Waals surface area contributed by atoms with Gasteiger partial charge >= 0.3 is 0 Å². The van der Waals surface area contributed by atoms with E-state index in [1.807, 2.05) is 0 Å². The Morgan fingerprint density at radius 1 is 0.586 bits per heavy atom. The summed E-state index contributed by atoms with van der Waals surface area (Å²) in [6.07, 6.45) is 1.52. The molecule has 1 fully saturated rings. The highest BCUT2D eigenvalue weighted by Crippen LogP contribution is 2.59. The fourth-order valence-corrected chi connectivity index (χ4v) is 4.61. The quantitative estimate of drug-likeness (QED) is 0.341. The van der Waals surface area contributed by atoms with Crippen LogP contribution < -0.4 is 0 Å². The molecule has 0 amide bonds. The standard InChI is InChI=1S/C28H22O/c1-2-18-8-14-23-24-15-13-22(17-26(24)28-27(29-28)25(23)16-18)21-11-9-20(10-12-21)19-6-4-3-5-7-19/h3-17,27-28H,2H2,1H3. The number of benzene rings is 4. The second kappa shape index (κ2) is 6.43. The summed E-state index contributed by atoms with van der Waals surface area (Å²) in [7, 11) is 0. The first-order valence-electron chi connectivity index (χ1n) is 10.4. The van der Waals surface area contributed by atoms with Crippen molar-refractivity contribution in [3.8, 4) is 33.4 Å². The first-order valence-corrected chi connectivity index (χ1v) is 10.4. The van der Waals surface area contributed by atoms with Gasteiger partial charge in [-0.05, 0) is 62.6 Å². The lowest BCUT2D eigenvalue weighted by Gasteiger charge is -2.18. The van der Waals surface area contributed by atoms with E-state index in [0.29, 0.717) is 0 Å². The molecule has 29 heavy (non-hydrogen) atoms. The summed E-state index contributed by atoms with van der Waals surface area (Å²) in [6, 6.07) is 33.1. The maximum atomic E-state index is 6.10. The normalized spacial score (nSPS) is 18.5. The van der Waals surface area contributed by atoms with Crippen molar-refractivity contribution < 1.29 is 4.74 Å². The van der Waals surface area contributed by atoms with Crippen molar-refractivity contribution in [2.45, 2.75) is 25.6 Å². The van der Waals surface area contributed by atoms with Crippen LogP contribution >= 0.6 is 0 Å². The molecular weight excluding hydrogens is 352 g/mol. The molecule has 0 saturated carbocycles. The highest BCUT2D eigenvalue weighted by atomic mass is 16.6. The van der Waals surface area contributed by atoms with Crippen molar-refractivity contribution in [3.63, 3.8) is 0 Å². The van der Waals surface area contributed by atoms with E-state index in [2.05, 4.69) is 97.9 Å². The highest BCUT2D eigenvalue weighted by molar-refractivity contribution is 5.80. The number of rotatable bonds is 3. The minimum absolute atomic E-state index is 0.216. The van der Waals surface area contributed by atoms with Crippen LogP contribution in [0, 0.1) is 0 Å². The Kier molecular flexibility index (Phi) is 3.72. The van der Waals surface area contributed by atoms with Gasteiger partial charge in [-0.25, -0.2) is 0 Å². The van der Waals surface area contributed by atoms with E-state index in [4.69, 9.17) is 4.74 Å². The van der Waals surface area contributed by atoms with Crippen LogP contribution in [0.25, 0.3) is 33.4 Å². The average Bonchev–Trinajstić information content (AvgIpc) is 3.61. The Morgan fingerprint density at radius 2 is 1.14 bits per heavy atom. The zero-order valence-corrected chi connectivity index (χ0v) is 16.4. The Balaban J connectivity index is 1.38. The lowest BCUT2D eigenvalue weighted by atomic mass is 9.83. The number of fused-ring (bicyclic) bond motifs is 6. The van der Waals surface area contributed by atoms with Crippen LogP contribution in [-0.4, -0.2) is 0 Å². The number of hydrogen-bond donors (Lipinski definition) is 0. The third-order valence-corrected chi connectivity index (χ3v) is 6.30. The van der Waals surface area contributed by atoms with Crippen LogP contribution in [-0.2, 0) is 11.2 Å². The zero-order valence-electron chi connectivity index (χ0n) is 16.4. The second-order valence-electron chi connectivity index (χ2n) is 8.00. The lowest BCUT2D eigenvalue weighted by Crippen LogP contribution is -2.00. The molecule has 6 rings (SSSR count). The first-order chi connectivity index (χ1) is 14.3. The lowest BCUT2D eigenvalue weighted by molar-refractivity contribution is 0.380. The molecule has 4 aromatic carbocycles. The number of hydrogen-bond acceptors (Lipinski definition) is 1. The third-order valence-electron chi connectivity index (χ3n) is 6.30. The topological polar surface area (TPSA) is 12.5 Å². The summed E-state index contributed by atoms with van der Waals surface area (Å²) in [5.74, 6) is 0. The van der Waals surface area contributed by atoms with Crippen molar-refractivity contribution >= 4 is 0 Å². The fourth-order valence-electron chi connectivity index (χ4n) is 4.61. The molecule has 0 radical (unpaired) electrons. The predicted octanol–water partition coefficient (Wildman–Crippen LogP) is 7.38. The van der Waals surface area contributed by atoms with Crippen LogP contribution in [0.5, 0.6) is 0 Å². The summed E-state index contributed by atoms with van der Waals surface area (Å²) >= 11 is 0. The molecule has 1 aliphatic carbocycles. The van der Waals surface area contributed by atoms with Gasteiger partial charge in [0.15, 0.2) is 0 Å². The Labute approximate surface area is 171 Å². The van der Waals surface area contributed by atoms with Gasteiger partial charge in [0.2, 0.25) is 0 Å². The molecule has 0 bridgehead atoms. The predicted molar refractivity (Wildman–Crippen MR) is 119 cm³/mol. The molecule has 1 heteroatoms. The monoisotopic (exact) mass is 374 g/mol. The van der Waals surface area contributed by atoms with Crippen molar-refractivity contribution in [3.05, 3.63) is 108 Å². The van der Waals surface area contributed by atoms with E-state index in [1.54, 1.807) is 0 Å². The average molecular weight is 374 g/mol. The first kappa shape index (κ1) is 16.8. The van der Waals surface area contributed by atoms with Crippen molar-refractivity contribution in [2.75, 3.05) is 0 Å². The third kappa shape index (κ3) is 2.73. The van der Waals surface area contributed by atoms with E-state index < -0.39 is 0 Å². The van der Waals surface area contributed by atoms with Gasteiger partial charge < -0.3 is 4.74 Å². The summed E-state index contributed by atoms with van der Waals surface area (Å²) in [5, 5.41) is 0. The molecular formula is C28H22O. The van der Waals surface area contributed by atoms with E-state index >= 15 is 0 Å². The number of aryl methyl sites for hydroxylation is 1. The molecule has 140 valence electrons. The Morgan fingerprint density at radius 3 is 1.83 bits per heavy atom. The zero-order chi connectivity index (χ0) is 19.4. The molecule has 0 N–H and O–H groups in total. The molecule has 1 nitrogen and oxygen atoms in total. The van der Waals surface area contributed by atoms with Gasteiger partial charge in [-0.2, -0.15) is 0 Å². The van der Waals surface area contributed by atoms with Gasteiger partial charge in [0.25, 0.3) is 0 Å². The molecule has 0 aromatic heterocycles. The van der Waals surface area contributed by atoms with Gasteiger partial charge in [0.1, 0.15) is 12.2 Å². The van der Waals surface area contributed by atoms with Crippen molar-refractivity contribution in [2.24, 2.45) is 0 Å². The van der Waals surface area contributed by atoms with E-state index in [1.165, 1.54) is 50.1 Å². The minimum Gasteiger partial charge on any atom is -0.359 e. The summed E-state index contributed by atoms with van der Waals surface area (Å²) < 4.78 is 6.10. The van der Waals surface area contributed by atoms with Gasteiger partial charge in [-0.3, -0.25) is 0 Å². The molecule has 0 spiro atoms. The van der Waals surface area contributed by atoms with Gasteiger partial charge in [0.05, 0.1) is 0 Å². The SMILES string of the molecule is CCc1ccc2c(c1)C1OC1c1cc(-c3ccc(-c4ccccc4)cc3)ccc1-2. The largest absolute Gasteiger partial charge is 0.359 e. The Bertz CT molecular complexity index is 1210. The van der Waals surface area contributed by atoms with Crippen LogP contribution in [0.15, 0.2) is 91.0 Å². The fraction of sp³-hybridized carbons (Fsp3) is 0.143. The second-order valence-corrected chi connectivity index (χ2v) is 8.00. The van der Waals surface area contributed by atoms with Gasteiger partial charge in [-0.15, -0.1) is 0 Å². The maximum absolute atomic E-state index is 6.10. The highest BCUT2D eigenvalue weighted by Gasteiger charge is 2.47. The van der Waals surface area contributed by atoms with E-state index in [9.17, 15) is 0 Å². The molecule has 2 atom stereocenters. The molecule has 1 saturated heterocycles. The summed E-state index contributed by atoms with van der Waals surface area (Å²) in [4.78, 5) is 0. The minimum atomic E-state index is 0.216. The summed E-state index contributed by atoms with van der Waals surface area (Å²) in [5.41, 5.74) is 11.7. The van der Waals surface area contributed by atoms with Crippen LogP contribution in [0.3, 0.4) is 0 Å². The van der Waals surface area contributed by atoms with Crippen molar-refractivity contribution in [1.82, 2.24) is 0 Å². The van der Waals surface area contributed by atoms with Crippen LogP contribution in [0.4, 0.5) is 0 Å².